The second-order valence-corrected chi connectivity index (χ2v) is 9.63. The van der Waals surface area contributed by atoms with Gasteiger partial charge in [-0.05, 0) is 118 Å². The van der Waals surface area contributed by atoms with Crippen LogP contribution in [0, 0.1) is 22.7 Å². The zero-order valence-corrected chi connectivity index (χ0v) is 24.6. The predicted octanol–water partition coefficient (Wildman–Crippen LogP) is 9.36. The fraction of sp³-hybridized carbons (Fsp3) is 0.250. The van der Waals surface area contributed by atoms with Gasteiger partial charge in [-0.1, -0.05) is 57.6 Å². The van der Waals surface area contributed by atoms with Crippen molar-refractivity contribution in [2.75, 3.05) is 17.2 Å². The van der Waals surface area contributed by atoms with E-state index in [1.807, 2.05) is 54.6 Å². The van der Waals surface area contributed by atoms with Gasteiger partial charge >= 0.3 is 0 Å². The van der Waals surface area contributed by atoms with Crippen LogP contribution >= 0.6 is 31.9 Å². The number of hydrogen-bond donors (Lipinski definition) is 3. The minimum absolute atomic E-state index is 0. The average molecular weight is 656 g/mol. The van der Waals surface area contributed by atoms with Gasteiger partial charge in [-0.15, -0.1) is 0 Å². The molecule has 208 valence electrons. The number of allylic oxidation sites excluding steroid dienone is 2. The SMILES string of the molecule is C.C.CCc1cc(/C=C/C#N)cc(Br)c1N.CCc1cc(/C=C/C#N)ccc1N.CCc1cc(Br)ccc1N. The molecule has 0 atom stereocenters. The number of nitrogens with two attached hydrogens (primary N) is 3. The molecule has 0 spiro atoms. The van der Waals surface area contributed by atoms with E-state index >= 15 is 0 Å². The number of hydrogen-bond acceptors (Lipinski definition) is 5. The van der Waals surface area contributed by atoms with Crippen molar-refractivity contribution < 1.29 is 0 Å². The third-order valence-corrected chi connectivity index (χ3v) is 6.50. The summed E-state index contributed by atoms with van der Waals surface area (Å²) in [6, 6.07) is 19.5. The predicted molar refractivity (Wildman–Crippen MR) is 179 cm³/mol. The Balaban J connectivity index is 0. The van der Waals surface area contributed by atoms with E-state index in [-0.39, 0.29) is 14.9 Å². The van der Waals surface area contributed by atoms with E-state index in [0.29, 0.717) is 0 Å². The molecule has 3 aromatic carbocycles. The van der Waals surface area contributed by atoms with Gasteiger partial charge in [0.1, 0.15) is 0 Å². The second-order valence-electron chi connectivity index (χ2n) is 7.86. The van der Waals surface area contributed by atoms with Crippen LogP contribution in [0.25, 0.3) is 12.2 Å². The minimum Gasteiger partial charge on any atom is -0.399 e. The monoisotopic (exact) mass is 653 g/mol. The van der Waals surface area contributed by atoms with Crippen molar-refractivity contribution in [2.45, 2.75) is 54.9 Å². The molecule has 39 heavy (non-hydrogen) atoms. The maximum atomic E-state index is 8.40. The summed E-state index contributed by atoms with van der Waals surface area (Å²) < 4.78 is 1.98. The summed E-state index contributed by atoms with van der Waals surface area (Å²) in [7, 11) is 0. The Morgan fingerprint density at radius 3 is 1.62 bits per heavy atom. The summed E-state index contributed by atoms with van der Waals surface area (Å²) in [5, 5.41) is 16.8. The van der Waals surface area contributed by atoms with Gasteiger partial charge in [-0.2, -0.15) is 10.5 Å². The third kappa shape index (κ3) is 13.2. The molecule has 0 aliphatic rings. The van der Waals surface area contributed by atoms with Gasteiger partial charge < -0.3 is 17.2 Å². The number of rotatable bonds is 5. The molecule has 6 N–H and O–H groups in total. The highest BCUT2D eigenvalue weighted by molar-refractivity contribution is 9.10. The summed E-state index contributed by atoms with van der Waals surface area (Å²) in [6.45, 7) is 6.21. The molecule has 0 aliphatic heterocycles. The Morgan fingerprint density at radius 1 is 0.667 bits per heavy atom. The Labute approximate surface area is 252 Å². The van der Waals surface area contributed by atoms with Crippen LogP contribution in [0.2, 0.25) is 0 Å². The molecule has 0 saturated heterocycles. The van der Waals surface area contributed by atoms with E-state index in [2.05, 4.69) is 58.7 Å². The number of nitrogens with zero attached hydrogens (tertiary/aromatic N) is 2. The molecule has 0 radical (unpaired) electrons. The maximum absolute atomic E-state index is 8.40. The van der Waals surface area contributed by atoms with Crippen LogP contribution in [-0.2, 0) is 19.3 Å². The molecule has 3 rings (SSSR count). The molecule has 7 heteroatoms. The zero-order valence-electron chi connectivity index (χ0n) is 21.4. The Kier molecular flexibility index (Phi) is 19.7. The first-order valence-corrected chi connectivity index (χ1v) is 13.4. The highest BCUT2D eigenvalue weighted by Gasteiger charge is 2.03. The zero-order chi connectivity index (χ0) is 27.8. The number of anilines is 3. The van der Waals surface area contributed by atoms with E-state index in [1.54, 1.807) is 12.2 Å². The van der Waals surface area contributed by atoms with Crippen molar-refractivity contribution in [3.8, 4) is 12.1 Å². The first-order chi connectivity index (χ1) is 17.7. The van der Waals surface area contributed by atoms with Crippen LogP contribution in [0.4, 0.5) is 17.1 Å². The van der Waals surface area contributed by atoms with Crippen LogP contribution < -0.4 is 17.2 Å². The Hall–Kier alpha value is -3.52. The maximum Gasteiger partial charge on any atom is 0.0912 e. The molecule has 3 aromatic rings. The van der Waals surface area contributed by atoms with Crippen LogP contribution in [0.1, 0.15) is 63.4 Å². The Bertz CT molecular complexity index is 1320. The van der Waals surface area contributed by atoms with Crippen molar-refractivity contribution in [1.82, 2.24) is 0 Å². The molecular formula is C32H41Br2N5. The van der Waals surface area contributed by atoms with E-state index in [4.69, 9.17) is 27.7 Å². The molecule has 5 nitrogen and oxygen atoms in total. The molecular weight excluding hydrogens is 614 g/mol. The third-order valence-electron chi connectivity index (χ3n) is 5.35. The average Bonchev–Trinajstić information content (AvgIpc) is 2.90. The first-order valence-electron chi connectivity index (χ1n) is 11.8. The fourth-order valence-electron chi connectivity index (χ4n) is 3.27. The van der Waals surface area contributed by atoms with E-state index in [9.17, 15) is 0 Å². The largest absolute Gasteiger partial charge is 0.399 e. The van der Waals surface area contributed by atoms with E-state index in [1.165, 1.54) is 17.7 Å². The van der Waals surface area contributed by atoms with E-state index < -0.39 is 0 Å². The number of benzene rings is 3. The molecule has 0 aromatic heterocycles. The fourth-order valence-corrected chi connectivity index (χ4v) is 4.20. The van der Waals surface area contributed by atoms with Crippen LogP contribution in [0.15, 0.2) is 69.6 Å². The van der Waals surface area contributed by atoms with Crippen molar-refractivity contribution in [3.05, 3.63) is 97.4 Å². The van der Waals surface area contributed by atoms with Gasteiger partial charge in [0.05, 0.1) is 12.1 Å². The number of halogens is 2. The van der Waals surface area contributed by atoms with Crippen molar-refractivity contribution >= 4 is 61.1 Å². The van der Waals surface area contributed by atoms with Crippen molar-refractivity contribution in [1.29, 1.82) is 10.5 Å². The molecule has 0 bridgehead atoms. The van der Waals surface area contributed by atoms with Crippen LogP contribution in [-0.4, -0.2) is 0 Å². The summed E-state index contributed by atoms with van der Waals surface area (Å²) in [4.78, 5) is 0. The molecule has 0 heterocycles. The van der Waals surface area contributed by atoms with Gasteiger partial charge in [0.15, 0.2) is 0 Å². The van der Waals surface area contributed by atoms with Gasteiger partial charge in [0, 0.05) is 38.2 Å². The molecule has 0 saturated carbocycles. The molecule has 0 aliphatic carbocycles. The lowest BCUT2D eigenvalue weighted by molar-refractivity contribution is 1.14. The van der Waals surface area contributed by atoms with Crippen molar-refractivity contribution in [2.24, 2.45) is 0 Å². The summed E-state index contributed by atoms with van der Waals surface area (Å²) >= 11 is 6.77. The quantitative estimate of drug-likeness (QED) is 0.187. The second kappa shape index (κ2) is 20.4. The lowest BCUT2D eigenvalue weighted by Gasteiger charge is -2.06. The highest BCUT2D eigenvalue weighted by Crippen LogP contribution is 2.26. The minimum atomic E-state index is 0. The lowest BCUT2D eigenvalue weighted by atomic mass is 10.1. The standard InChI is InChI=1S/C11H11BrN2.C11H12N2.C8H10BrN.2CH4/c1-2-9-6-8(4-3-5-13)7-10(12)11(9)14;1-2-10-8-9(4-3-7-12)5-6-11(10)13;1-2-6-5-7(9)3-4-8(6)10;;/h3-4,6-7H,2,14H2,1H3;3-6,8H,2,13H2,1H3;3-5H,2,10H2,1H3;2*1H4/b2*4-3+;;;. The smallest absolute Gasteiger partial charge is 0.0912 e. The summed E-state index contributed by atoms with van der Waals surface area (Å²) in [5.41, 5.74) is 25.2. The normalized spacial score (nSPS) is 9.62. The summed E-state index contributed by atoms with van der Waals surface area (Å²) in [5.74, 6) is 0. The lowest BCUT2D eigenvalue weighted by Crippen LogP contribution is -1.94. The van der Waals surface area contributed by atoms with E-state index in [0.717, 1.165) is 67.5 Å². The van der Waals surface area contributed by atoms with Gasteiger partial charge in [-0.3, -0.25) is 0 Å². The van der Waals surface area contributed by atoms with Crippen molar-refractivity contribution in [3.63, 3.8) is 0 Å². The van der Waals surface area contributed by atoms with Crippen LogP contribution in [0.3, 0.4) is 0 Å². The van der Waals surface area contributed by atoms with Crippen LogP contribution in [0.5, 0.6) is 0 Å². The number of aryl methyl sites for hydroxylation is 3. The molecule has 0 unspecified atom stereocenters. The summed E-state index contributed by atoms with van der Waals surface area (Å²) in [6.07, 6.45) is 9.26. The first kappa shape index (κ1) is 37.6. The number of nitriles is 2. The van der Waals surface area contributed by atoms with Gasteiger partial charge in [0.2, 0.25) is 0 Å². The van der Waals surface area contributed by atoms with Gasteiger partial charge in [0.25, 0.3) is 0 Å². The van der Waals surface area contributed by atoms with Gasteiger partial charge in [-0.25, -0.2) is 0 Å². The highest BCUT2D eigenvalue weighted by atomic mass is 79.9. The Morgan fingerprint density at radius 2 is 1.13 bits per heavy atom. The molecule has 0 fully saturated rings. The topological polar surface area (TPSA) is 126 Å². The number of nitrogen functional groups attached to an aromatic ring is 3. The molecule has 0 amide bonds.